The Labute approximate surface area is 217 Å². The third-order valence-corrected chi connectivity index (χ3v) is 8.58. The molecular weight excluding hydrogens is 458 g/mol. The molecule has 4 aliphatic rings. The zero-order chi connectivity index (χ0) is 24.9. The minimum absolute atomic E-state index is 0.198. The standard InChI is InChI=1S/C33H29NO3/c35-31(23-14-12-22(13-15-23)21-6-2-1-3-7-21)20-37-33(36)26-16-29-27-10-4-8-24(27)18-34-19-25-9-5-11-28(25)30(17-26)32(29)34/h1-7,10-17,24-25,27-28H,8-9,18-20H2/t24-,25+,27-,28-/m0/s1. The number of benzene rings is 3. The highest BCUT2D eigenvalue weighted by Crippen LogP contribution is 2.53. The Balaban J connectivity index is 1.12. The molecule has 184 valence electrons. The number of rotatable bonds is 5. The second kappa shape index (κ2) is 8.88. The first-order valence-electron chi connectivity index (χ1n) is 13.3. The lowest BCUT2D eigenvalue weighted by atomic mass is 9.74. The number of carbonyl (C=O) groups is 2. The molecule has 4 nitrogen and oxygen atoms in total. The Kier molecular flexibility index (Phi) is 5.35. The number of allylic oxidation sites excluding steroid dienone is 4. The summed E-state index contributed by atoms with van der Waals surface area (Å²) in [7, 11) is 0. The number of anilines is 1. The second-order valence-electron chi connectivity index (χ2n) is 10.8. The SMILES string of the molecule is O=C(COC(=O)c1cc2c3c(c1)[C@H]1C=CC[C@H]1CN3C[C@H]1CC=C[C@H]21)c1ccc(-c2ccccc2)cc1. The van der Waals surface area contributed by atoms with Gasteiger partial charge in [0.25, 0.3) is 0 Å². The number of hydrogen-bond donors (Lipinski definition) is 0. The summed E-state index contributed by atoms with van der Waals surface area (Å²) in [6.07, 6.45) is 11.4. The molecule has 0 N–H and O–H groups in total. The number of nitrogens with zero attached hydrogens (tertiary/aromatic N) is 1. The minimum atomic E-state index is -0.423. The Bertz CT molecular complexity index is 1390. The van der Waals surface area contributed by atoms with E-state index >= 15 is 0 Å². The van der Waals surface area contributed by atoms with Crippen molar-refractivity contribution in [1.82, 2.24) is 0 Å². The molecular formula is C33H29NO3. The molecule has 0 aromatic heterocycles. The van der Waals surface area contributed by atoms with Gasteiger partial charge in [-0.05, 0) is 59.1 Å². The highest BCUT2D eigenvalue weighted by atomic mass is 16.5. The van der Waals surface area contributed by atoms with Crippen molar-refractivity contribution in [1.29, 1.82) is 0 Å². The van der Waals surface area contributed by atoms with Gasteiger partial charge in [-0.1, -0.05) is 78.9 Å². The molecule has 7 rings (SSSR count). The third-order valence-electron chi connectivity index (χ3n) is 8.58. The first-order chi connectivity index (χ1) is 18.2. The average Bonchev–Trinajstić information content (AvgIpc) is 3.62. The van der Waals surface area contributed by atoms with Gasteiger partial charge in [-0.3, -0.25) is 4.79 Å². The quantitative estimate of drug-likeness (QED) is 0.233. The molecule has 2 heterocycles. The van der Waals surface area contributed by atoms with Crippen molar-refractivity contribution in [2.24, 2.45) is 11.8 Å². The van der Waals surface area contributed by atoms with Gasteiger partial charge < -0.3 is 9.64 Å². The number of carbonyl (C=O) groups excluding carboxylic acids is 2. The molecule has 3 aromatic carbocycles. The van der Waals surface area contributed by atoms with Crippen LogP contribution >= 0.6 is 0 Å². The largest absolute Gasteiger partial charge is 0.454 e. The summed E-state index contributed by atoms with van der Waals surface area (Å²) in [5.41, 5.74) is 7.06. The molecule has 0 saturated heterocycles. The van der Waals surface area contributed by atoms with E-state index in [9.17, 15) is 9.59 Å². The van der Waals surface area contributed by atoms with E-state index in [1.165, 1.54) is 16.8 Å². The van der Waals surface area contributed by atoms with Crippen LogP contribution in [0.5, 0.6) is 0 Å². The van der Waals surface area contributed by atoms with Crippen LogP contribution in [0.4, 0.5) is 5.69 Å². The highest BCUT2D eigenvalue weighted by molar-refractivity contribution is 6.00. The first-order valence-corrected chi connectivity index (χ1v) is 13.3. The van der Waals surface area contributed by atoms with E-state index in [0.29, 0.717) is 34.8 Å². The Hall–Kier alpha value is -3.92. The summed E-state index contributed by atoms with van der Waals surface area (Å²) < 4.78 is 5.58. The summed E-state index contributed by atoms with van der Waals surface area (Å²) in [4.78, 5) is 28.6. The molecule has 0 amide bonds. The maximum absolute atomic E-state index is 13.2. The lowest BCUT2D eigenvalue weighted by Gasteiger charge is -2.46. The van der Waals surface area contributed by atoms with E-state index < -0.39 is 5.97 Å². The van der Waals surface area contributed by atoms with Crippen LogP contribution in [-0.2, 0) is 4.74 Å². The van der Waals surface area contributed by atoms with Crippen LogP contribution in [0.3, 0.4) is 0 Å². The lowest BCUT2D eigenvalue weighted by molar-refractivity contribution is 0.0474. The van der Waals surface area contributed by atoms with Crippen molar-refractivity contribution in [3.8, 4) is 11.1 Å². The van der Waals surface area contributed by atoms with Crippen LogP contribution < -0.4 is 4.90 Å². The number of ketones is 1. The van der Waals surface area contributed by atoms with Gasteiger partial charge in [0.05, 0.1) is 5.56 Å². The molecule has 2 aliphatic carbocycles. The van der Waals surface area contributed by atoms with Gasteiger partial charge in [-0.2, -0.15) is 0 Å². The van der Waals surface area contributed by atoms with Gasteiger partial charge in [0.15, 0.2) is 12.4 Å². The van der Waals surface area contributed by atoms with Crippen molar-refractivity contribution in [2.75, 3.05) is 24.6 Å². The van der Waals surface area contributed by atoms with E-state index in [1.54, 1.807) is 12.1 Å². The van der Waals surface area contributed by atoms with Gasteiger partial charge in [0, 0.05) is 36.2 Å². The lowest BCUT2D eigenvalue weighted by Crippen LogP contribution is -2.43. The fourth-order valence-corrected chi connectivity index (χ4v) is 6.77. The van der Waals surface area contributed by atoms with Gasteiger partial charge in [-0.15, -0.1) is 0 Å². The van der Waals surface area contributed by atoms with E-state index in [-0.39, 0.29) is 12.4 Å². The summed E-state index contributed by atoms with van der Waals surface area (Å²) in [5.74, 6) is 1.22. The normalized spacial score (nSPS) is 24.4. The van der Waals surface area contributed by atoms with Crippen LogP contribution in [0.2, 0.25) is 0 Å². The maximum Gasteiger partial charge on any atom is 0.338 e. The van der Waals surface area contributed by atoms with Crippen molar-refractivity contribution >= 4 is 17.4 Å². The average molecular weight is 488 g/mol. The molecule has 0 radical (unpaired) electrons. The number of esters is 1. The van der Waals surface area contributed by atoms with E-state index in [2.05, 4.69) is 29.2 Å². The second-order valence-corrected chi connectivity index (χ2v) is 10.8. The van der Waals surface area contributed by atoms with Gasteiger partial charge >= 0.3 is 5.97 Å². The van der Waals surface area contributed by atoms with Gasteiger partial charge in [-0.25, -0.2) is 4.79 Å². The molecule has 2 aliphatic heterocycles. The summed E-state index contributed by atoms with van der Waals surface area (Å²) in [6, 6.07) is 21.6. The fourth-order valence-electron chi connectivity index (χ4n) is 6.77. The van der Waals surface area contributed by atoms with Gasteiger partial charge in [0.2, 0.25) is 0 Å². The van der Waals surface area contributed by atoms with Crippen LogP contribution in [0.15, 0.2) is 91.0 Å². The summed E-state index contributed by atoms with van der Waals surface area (Å²) in [6.45, 7) is 1.91. The van der Waals surface area contributed by atoms with E-state index in [4.69, 9.17) is 4.74 Å². The summed E-state index contributed by atoms with van der Waals surface area (Å²) in [5, 5.41) is 0. The predicted molar refractivity (Wildman–Crippen MR) is 145 cm³/mol. The molecule has 37 heavy (non-hydrogen) atoms. The van der Waals surface area contributed by atoms with E-state index in [1.807, 2.05) is 54.6 Å². The Morgan fingerprint density at radius 3 is 1.97 bits per heavy atom. The molecule has 0 bridgehead atoms. The van der Waals surface area contributed by atoms with Crippen LogP contribution in [0, 0.1) is 11.8 Å². The zero-order valence-electron chi connectivity index (χ0n) is 20.7. The molecule has 4 heteroatoms. The van der Waals surface area contributed by atoms with Gasteiger partial charge in [0.1, 0.15) is 0 Å². The summed E-state index contributed by atoms with van der Waals surface area (Å²) >= 11 is 0. The molecule has 0 unspecified atom stereocenters. The van der Waals surface area contributed by atoms with E-state index in [0.717, 1.165) is 37.1 Å². The molecule has 4 atom stereocenters. The number of ether oxygens (including phenoxy) is 1. The van der Waals surface area contributed by atoms with Crippen LogP contribution in [0.25, 0.3) is 11.1 Å². The number of fused-ring (bicyclic) bond motifs is 4. The topological polar surface area (TPSA) is 46.6 Å². The van der Waals surface area contributed by atoms with Crippen LogP contribution in [-0.4, -0.2) is 31.4 Å². The predicted octanol–water partition coefficient (Wildman–Crippen LogP) is 6.55. The molecule has 0 spiro atoms. The van der Waals surface area contributed by atoms with Crippen molar-refractivity contribution < 1.29 is 14.3 Å². The number of Topliss-reactive ketones (excluding diaryl/α,β-unsaturated/α-hetero) is 1. The van der Waals surface area contributed by atoms with Crippen molar-refractivity contribution in [3.05, 3.63) is 113 Å². The maximum atomic E-state index is 13.2. The van der Waals surface area contributed by atoms with Crippen LogP contribution in [0.1, 0.15) is 56.5 Å². The number of hydrogen-bond acceptors (Lipinski definition) is 4. The Morgan fingerprint density at radius 2 is 1.35 bits per heavy atom. The molecule has 0 fully saturated rings. The highest BCUT2D eigenvalue weighted by Gasteiger charge is 2.42. The first kappa shape index (κ1) is 22.3. The van der Waals surface area contributed by atoms with Crippen molar-refractivity contribution in [3.63, 3.8) is 0 Å². The molecule has 3 aromatic rings. The minimum Gasteiger partial charge on any atom is -0.454 e. The smallest absolute Gasteiger partial charge is 0.338 e. The third kappa shape index (κ3) is 3.83. The monoisotopic (exact) mass is 487 g/mol. The fraction of sp³-hybridized carbons (Fsp3) is 0.273. The Morgan fingerprint density at radius 1 is 0.757 bits per heavy atom. The zero-order valence-corrected chi connectivity index (χ0v) is 20.7. The molecule has 0 saturated carbocycles. The van der Waals surface area contributed by atoms with Crippen molar-refractivity contribution in [2.45, 2.75) is 24.7 Å².